The standard InChI is InChI=1S/C6H15NO3S.BF4/c1-7(2,3)5-4-6-11(8,9)10;2-1(3,4)5/h4-6H2,1-3H3;/q;-1/p+1. The largest absolute Gasteiger partial charge is 0.673 e. The lowest BCUT2D eigenvalue weighted by atomic mass is 10.3. The first-order valence-electron chi connectivity index (χ1n) is 4.34. The highest BCUT2D eigenvalue weighted by Crippen LogP contribution is 2.06. The van der Waals surface area contributed by atoms with E-state index >= 15 is 0 Å². The molecule has 0 aromatic heterocycles. The molecule has 0 saturated heterocycles. The molecule has 100 valence electrons. The average Bonchev–Trinajstić information content (AvgIpc) is 1.74. The van der Waals surface area contributed by atoms with E-state index in [0.717, 1.165) is 11.0 Å². The van der Waals surface area contributed by atoms with Crippen molar-refractivity contribution in [3.63, 3.8) is 0 Å². The number of rotatable bonds is 4. The zero-order valence-corrected chi connectivity index (χ0v) is 10.1. The maximum absolute atomic E-state index is 10.3. The molecular formula is C6H16BF4NO3S. The van der Waals surface area contributed by atoms with Gasteiger partial charge in [-0.3, -0.25) is 4.55 Å². The van der Waals surface area contributed by atoms with Gasteiger partial charge in [-0.15, -0.1) is 0 Å². The first kappa shape index (κ1) is 18.0. The van der Waals surface area contributed by atoms with Crippen molar-refractivity contribution in [3.05, 3.63) is 0 Å². The predicted molar refractivity (Wildman–Crippen MR) is 54.1 cm³/mol. The molecule has 16 heavy (non-hydrogen) atoms. The second-order valence-corrected chi connectivity index (χ2v) is 5.72. The maximum atomic E-state index is 10.3. The molecule has 0 aliphatic rings. The highest BCUT2D eigenvalue weighted by molar-refractivity contribution is 7.85. The van der Waals surface area contributed by atoms with E-state index in [1.807, 2.05) is 21.1 Å². The zero-order valence-electron chi connectivity index (χ0n) is 9.33. The van der Waals surface area contributed by atoms with Crippen molar-refractivity contribution in [2.45, 2.75) is 6.42 Å². The molecule has 0 fully saturated rings. The molecule has 0 radical (unpaired) electrons. The molecule has 4 nitrogen and oxygen atoms in total. The van der Waals surface area contributed by atoms with Crippen LogP contribution in [0, 0.1) is 0 Å². The molecule has 0 unspecified atom stereocenters. The summed E-state index contributed by atoms with van der Waals surface area (Å²) in [4.78, 5) is 0. The monoisotopic (exact) mass is 269 g/mol. The van der Waals surface area contributed by atoms with E-state index < -0.39 is 17.4 Å². The lowest BCUT2D eigenvalue weighted by molar-refractivity contribution is -0.870. The Bertz CT molecular complexity index is 279. The van der Waals surface area contributed by atoms with Gasteiger partial charge in [0.25, 0.3) is 10.1 Å². The SMILES string of the molecule is C[N+](C)(C)CCCS(=O)(=O)O.F[B-](F)(F)F. The Kier molecular flexibility index (Phi) is 7.22. The van der Waals surface area contributed by atoms with Crippen LogP contribution in [0.5, 0.6) is 0 Å². The van der Waals surface area contributed by atoms with Gasteiger partial charge < -0.3 is 21.7 Å². The molecule has 1 N–H and O–H groups in total. The number of hydrogen-bond donors (Lipinski definition) is 1. The quantitative estimate of drug-likeness (QED) is 0.362. The van der Waals surface area contributed by atoms with Crippen LogP contribution >= 0.6 is 0 Å². The molecule has 0 bridgehead atoms. The normalized spacial score (nSPS) is 13.0. The zero-order chi connectivity index (χ0) is 13.6. The van der Waals surface area contributed by atoms with E-state index in [0.29, 0.717) is 6.42 Å². The van der Waals surface area contributed by atoms with Gasteiger partial charge in [-0.1, -0.05) is 0 Å². The van der Waals surface area contributed by atoms with Crippen molar-refractivity contribution in [2.24, 2.45) is 0 Å². The molecule has 0 aliphatic carbocycles. The summed E-state index contributed by atoms with van der Waals surface area (Å²) < 4.78 is 68.6. The van der Waals surface area contributed by atoms with Crippen LogP contribution in [0.25, 0.3) is 0 Å². The summed E-state index contributed by atoms with van der Waals surface area (Å²) in [5, 5.41) is 0. The van der Waals surface area contributed by atoms with Crippen LogP contribution in [0.4, 0.5) is 17.3 Å². The summed E-state index contributed by atoms with van der Waals surface area (Å²) in [5.41, 5.74) is 0. The number of quaternary nitrogens is 1. The third-order valence-corrected chi connectivity index (χ3v) is 2.04. The van der Waals surface area contributed by atoms with Gasteiger partial charge in [0.2, 0.25) is 0 Å². The van der Waals surface area contributed by atoms with Gasteiger partial charge in [-0.05, 0) is 0 Å². The van der Waals surface area contributed by atoms with Gasteiger partial charge >= 0.3 is 7.25 Å². The third-order valence-electron chi connectivity index (χ3n) is 1.23. The van der Waals surface area contributed by atoms with Crippen LogP contribution in [0.15, 0.2) is 0 Å². The van der Waals surface area contributed by atoms with Crippen molar-refractivity contribution in [2.75, 3.05) is 33.4 Å². The summed E-state index contributed by atoms with van der Waals surface area (Å²) in [7, 11) is -3.83. The van der Waals surface area contributed by atoms with Crippen LogP contribution < -0.4 is 0 Å². The first-order chi connectivity index (χ1) is 6.71. The minimum absolute atomic E-state index is 0.136. The Morgan fingerprint density at radius 2 is 1.44 bits per heavy atom. The van der Waals surface area contributed by atoms with Gasteiger partial charge in [-0.2, -0.15) is 8.42 Å². The van der Waals surface area contributed by atoms with Crippen molar-refractivity contribution in [1.29, 1.82) is 0 Å². The fourth-order valence-electron chi connectivity index (χ4n) is 0.721. The second-order valence-electron chi connectivity index (χ2n) is 4.15. The Balaban J connectivity index is 0. The Hall–Kier alpha value is -0.345. The summed E-state index contributed by atoms with van der Waals surface area (Å²) in [5.74, 6) is -0.136. The van der Waals surface area contributed by atoms with Gasteiger partial charge in [0.1, 0.15) is 0 Å². The Morgan fingerprint density at radius 3 is 1.62 bits per heavy atom. The van der Waals surface area contributed by atoms with Crippen LogP contribution in [-0.4, -0.2) is 58.1 Å². The Labute approximate surface area is 92.7 Å². The lowest BCUT2D eigenvalue weighted by Crippen LogP contribution is -2.36. The summed E-state index contributed by atoms with van der Waals surface area (Å²) >= 11 is 0. The fraction of sp³-hybridized carbons (Fsp3) is 1.00. The first-order valence-corrected chi connectivity index (χ1v) is 5.94. The van der Waals surface area contributed by atoms with Gasteiger partial charge in [0.05, 0.1) is 33.4 Å². The molecule has 10 heteroatoms. The molecule has 0 atom stereocenters. The van der Waals surface area contributed by atoms with Gasteiger partial charge in [-0.25, -0.2) is 0 Å². The highest BCUT2D eigenvalue weighted by Gasteiger charge is 2.20. The van der Waals surface area contributed by atoms with Crippen LogP contribution in [0.3, 0.4) is 0 Å². The van der Waals surface area contributed by atoms with Crippen molar-refractivity contribution >= 4 is 17.4 Å². The lowest BCUT2D eigenvalue weighted by Gasteiger charge is -2.23. The average molecular weight is 269 g/mol. The molecule has 0 spiro atoms. The van der Waals surface area contributed by atoms with Crippen LogP contribution in [-0.2, 0) is 10.1 Å². The van der Waals surface area contributed by atoms with E-state index in [2.05, 4.69) is 0 Å². The third kappa shape index (κ3) is 37.3. The minimum atomic E-state index is -6.00. The minimum Gasteiger partial charge on any atom is -0.418 e. The van der Waals surface area contributed by atoms with E-state index in [9.17, 15) is 25.7 Å². The number of hydrogen-bond acceptors (Lipinski definition) is 2. The summed E-state index contributed by atoms with van der Waals surface area (Å²) in [6.45, 7) is 0.750. The number of halogens is 4. The fourth-order valence-corrected chi connectivity index (χ4v) is 1.22. The molecule has 0 aromatic carbocycles. The molecule has 0 saturated carbocycles. The second kappa shape index (κ2) is 6.40. The van der Waals surface area contributed by atoms with Crippen molar-refractivity contribution < 1.29 is 34.7 Å². The van der Waals surface area contributed by atoms with Gasteiger partial charge in [0, 0.05) is 6.42 Å². The number of nitrogens with zero attached hydrogens (tertiary/aromatic N) is 1. The molecule has 0 aliphatic heterocycles. The maximum Gasteiger partial charge on any atom is 0.673 e. The molecule has 0 rings (SSSR count). The van der Waals surface area contributed by atoms with E-state index in [1.54, 1.807) is 0 Å². The molecular weight excluding hydrogens is 253 g/mol. The van der Waals surface area contributed by atoms with E-state index in [-0.39, 0.29) is 5.75 Å². The predicted octanol–water partition coefficient (Wildman–Crippen LogP) is 1.27. The smallest absolute Gasteiger partial charge is 0.418 e. The topological polar surface area (TPSA) is 54.4 Å². The molecule has 0 amide bonds. The Morgan fingerprint density at radius 1 is 1.12 bits per heavy atom. The van der Waals surface area contributed by atoms with Crippen molar-refractivity contribution in [3.8, 4) is 0 Å². The van der Waals surface area contributed by atoms with E-state index in [4.69, 9.17) is 4.55 Å². The van der Waals surface area contributed by atoms with Gasteiger partial charge in [0.15, 0.2) is 0 Å². The van der Waals surface area contributed by atoms with Crippen LogP contribution in [0.2, 0.25) is 0 Å². The highest BCUT2D eigenvalue weighted by atomic mass is 32.2. The molecule has 0 heterocycles. The van der Waals surface area contributed by atoms with Crippen LogP contribution in [0.1, 0.15) is 6.42 Å². The summed E-state index contributed by atoms with van der Waals surface area (Å²) in [6, 6.07) is 0. The van der Waals surface area contributed by atoms with E-state index in [1.165, 1.54) is 0 Å². The summed E-state index contributed by atoms with van der Waals surface area (Å²) in [6.07, 6.45) is 0.502. The van der Waals surface area contributed by atoms with Crippen molar-refractivity contribution in [1.82, 2.24) is 0 Å². The molecule has 0 aromatic rings.